The molecule has 0 spiro atoms. The standard InChI is InChI=1S/C9H18O2.B/c1-5-6-7-9(4,11)8(2,3)10;/h5,10-11H,1,6-7H2,2-4H3;. The van der Waals surface area contributed by atoms with E-state index in [4.69, 9.17) is 0 Å². The zero-order valence-corrected chi connectivity index (χ0v) is 8.17. The van der Waals surface area contributed by atoms with Crippen LogP contribution < -0.4 is 0 Å². The average Bonchev–Trinajstić information content (AvgIpc) is 1.81. The van der Waals surface area contributed by atoms with E-state index in [1.807, 2.05) is 0 Å². The van der Waals surface area contributed by atoms with Crippen LogP contribution in [0.25, 0.3) is 0 Å². The molecule has 0 aliphatic heterocycles. The maximum atomic E-state index is 9.68. The van der Waals surface area contributed by atoms with Gasteiger partial charge in [0, 0.05) is 8.41 Å². The Morgan fingerprint density at radius 1 is 1.25 bits per heavy atom. The molecule has 0 heterocycles. The maximum Gasteiger partial charge on any atom is 0.0902 e. The summed E-state index contributed by atoms with van der Waals surface area (Å²) in [5.74, 6) is 0. The second-order valence-electron chi connectivity index (χ2n) is 3.66. The molecule has 2 N–H and O–H groups in total. The molecule has 0 aromatic rings. The van der Waals surface area contributed by atoms with Gasteiger partial charge in [0.05, 0.1) is 11.2 Å². The van der Waals surface area contributed by atoms with Crippen LogP contribution in [-0.2, 0) is 0 Å². The van der Waals surface area contributed by atoms with Crippen molar-refractivity contribution in [2.45, 2.75) is 44.8 Å². The van der Waals surface area contributed by atoms with Crippen molar-refractivity contribution in [3.05, 3.63) is 12.7 Å². The number of allylic oxidation sites excluding steroid dienone is 1. The monoisotopic (exact) mass is 169 g/mol. The first kappa shape index (κ1) is 14.3. The molecular weight excluding hydrogens is 151 g/mol. The molecule has 0 aliphatic rings. The van der Waals surface area contributed by atoms with Crippen LogP contribution in [0, 0.1) is 0 Å². The molecule has 0 fully saturated rings. The normalized spacial score (nSPS) is 16.1. The van der Waals surface area contributed by atoms with Crippen LogP contribution in [0.4, 0.5) is 0 Å². The van der Waals surface area contributed by atoms with Crippen molar-refractivity contribution in [2.24, 2.45) is 0 Å². The fraction of sp³-hybridized carbons (Fsp3) is 0.778. The topological polar surface area (TPSA) is 40.5 Å². The van der Waals surface area contributed by atoms with Crippen LogP contribution in [0.2, 0.25) is 0 Å². The summed E-state index contributed by atoms with van der Waals surface area (Å²) in [6, 6.07) is 0. The van der Waals surface area contributed by atoms with E-state index in [1.165, 1.54) is 0 Å². The third-order valence-electron chi connectivity index (χ3n) is 2.15. The fourth-order valence-electron chi connectivity index (χ4n) is 0.689. The summed E-state index contributed by atoms with van der Waals surface area (Å²) >= 11 is 0. The Bertz CT molecular complexity index is 136. The van der Waals surface area contributed by atoms with Gasteiger partial charge in [0.25, 0.3) is 0 Å². The first-order chi connectivity index (χ1) is 4.81. The second-order valence-corrected chi connectivity index (χ2v) is 3.66. The van der Waals surface area contributed by atoms with Crippen LogP contribution in [-0.4, -0.2) is 29.8 Å². The van der Waals surface area contributed by atoms with Gasteiger partial charge < -0.3 is 10.2 Å². The largest absolute Gasteiger partial charge is 0.387 e. The van der Waals surface area contributed by atoms with Gasteiger partial charge in [-0.05, 0) is 33.6 Å². The minimum Gasteiger partial charge on any atom is -0.387 e. The van der Waals surface area contributed by atoms with Gasteiger partial charge in [0.15, 0.2) is 0 Å². The quantitative estimate of drug-likeness (QED) is 0.488. The van der Waals surface area contributed by atoms with Crippen molar-refractivity contribution in [3.8, 4) is 0 Å². The highest BCUT2D eigenvalue weighted by Gasteiger charge is 2.36. The lowest BCUT2D eigenvalue weighted by Gasteiger charge is -2.35. The van der Waals surface area contributed by atoms with E-state index >= 15 is 0 Å². The molecule has 1 atom stereocenters. The van der Waals surface area contributed by atoms with E-state index in [0.29, 0.717) is 6.42 Å². The van der Waals surface area contributed by atoms with Crippen molar-refractivity contribution >= 4 is 8.41 Å². The fourth-order valence-corrected chi connectivity index (χ4v) is 0.689. The molecule has 0 rings (SSSR count). The molecule has 0 saturated heterocycles. The first-order valence-electron chi connectivity index (χ1n) is 3.87. The highest BCUT2D eigenvalue weighted by molar-refractivity contribution is 5.75. The van der Waals surface area contributed by atoms with Crippen LogP contribution >= 0.6 is 0 Å². The predicted octanol–water partition coefficient (Wildman–Crippen LogP) is 1.09. The summed E-state index contributed by atoms with van der Waals surface area (Å²) in [7, 11) is 0. The average molecular weight is 169 g/mol. The lowest BCUT2D eigenvalue weighted by atomic mass is 9.84. The molecular formula is C9H18BO2. The molecule has 0 bridgehead atoms. The summed E-state index contributed by atoms with van der Waals surface area (Å²) in [5, 5.41) is 19.2. The molecule has 3 radical (unpaired) electrons. The Hall–Kier alpha value is -0.275. The van der Waals surface area contributed by atoms with Crippen LogP contribution in [0.15, 0.2) is 12.7 Å². The van der Waals surface area contributed by atoms with Gasteiger partial charge in [-0.2, -0.15) is 0 Å². The first-order valence-corrected chi connectivity index (χ1v) is 3.87. The SMILES string of the molecule is C=CCCC(C)(O)C(C)(C)O.[B]. The van der Waals surface area contributed by atoms with E-state index in [0.717, 1.165) is 6.42 Å². The summed E-state index contributed by atoms with van der Waals surface area (Å²) in [6.07, 6.45) is 3.00. The summed E-state index contributed by atoms with van der Waals surface area (Å²) in [6.45, 7) is 8.40. The Morgan fingerprint density at radius 3 is 1.92 bits per heavy atom. The van der Waals surface area contributed by atoms with E-state index in [2.05, 4.69) is 6.58 Å². The lowest BCUT2D eigenvalue weighted by Crippen LogP contribution is -2.47. The van der Waals surface area contributed by atoms with Crippen molar-refractivity contribution in [1.82, 2.24) is 0 Å². The molecule has 3 heteroatoms. The third kappa shape index (κ3) is 3.93. The number of aliphatic hydroxyl groups is 2. The Balaban J connectivity index is 0. The van der Waals surface area contributed by atoms with Gasteiger partial charge in [-0.3, -0.25) is 0 Å². The van der Waals surface area contributed by atoms with Crippen molar-refractivity contribution in [3.63, 3.8) is 0 Å². The van der Waals surface area contributed by atoms with Gasteiger partial charge in [-0.25, -0.2) is 0 Å². The maximum absolute atomic E-state index is 9.68. The van der Waals surface area contributed by atoms with E-state index in [1.54, 1.807) is 26.8 Å². The minimum atomic E-state index is -1.05. The van der Waals surface area contributed by atoms with E-state index in [-0.39, 0.29) is 8.41 Å². The summed E-state index contributed by atoms with van der Waals surface area (Å²) < 4.78 is 0. The van der Waals surface area contributed by atoms with Crippen LogP contribution in [0.3, 0.4) is 0 Å². The smallest absolute Gasteiger partial charge is 0.0902 e. The number of hydrogen-bond donors (Lipinski definition) is 2. The van der Waals surface area contributed by atoms with Gasteiger partial charge in [-0.15, -0.1) is 6.58 Å². The van der Waals surface area contributed by atoms with Gasteiger partial charge in [0.2, 0.25) is 0 Å². The Kier molecular flexibility index (Phi) is 5.56. The molecule has 0 amide bonds. The van der Waals surface area contributed by atoms with Crippen molar-refractivity contribution in [1.29, 1.82) is 0 Å². The molecule has 0 aliphatic carbocycles. The summed E-state index contributed by atoms with van der Waals surface area (Å²) in [4.78, 5) is 0. The van der Waals surface area contributed by atoms with Crippen LogP contribution in [0.1, 0.15) is 33.6 Å². The predicted molar refractivity (Wildman–Crippen MR) is 52.1 cm³/mol. The van der Waals surface area contributed by atoms with Gasteiger partial charge in [-0.1, -0.05) is 6.08 Å². The van der Waals surface area contributed by atoms with E-state index in [9.17, 15) is 10.2 Å². The minimum absolute atomic E-state index is 0. The molecule has 0 aromatic heterocycles. The van der Waals surface area contributed by atoms with E-state index < -0.39 is 11.2 Å². The second kappa shape index (κ2) is 4.68. The molecule has 12 heavy (non-hydrogen) atoms. The zero-order chi connectivity index (χ0) is 9.12. The van der Waals surface area contributed by atoms with Crippen LogP contribution in [0.5, 0.6) is 0 Å². The molecule has 69 valence electrons. The molecule has 1 unspecified atom stereocenters. The third-order valence-corrected chi connectivity index (χ3v) is 2.15. The lowest BCUT2D eigenvalue weighted by molar-refractivity contribution is -0.123. The number of rotatable bonds is 4. The van der Waals surface area contributed by atoms with Gasteiger partial charge in [0.1, 0.15) is 0 Å². The highest BCUT2D eigenvalue weighted by Crippen LogP contribution is 2.25. The van der Waals surface area contributed by atoms with Crippen molar-refractivity contribution < 1.29 is 10.2 Å². The summed E-state index contributed by atoms with van der Waals surface area (Å²) in [5.41, 5.74) is -2.07. The van der Waals surface area contributed by atoms with Crippen molar-refractivity contribution in [2.75, 3.05) is 0 Å². The molecule has 2 nitrogen and oxygen atoms in total. The zero-order valence-electron chi connectivity index (χ0n) is 8.17. The van der Waals surface area contributed by atoms with Gasteiger partial charge >= 0.3 is 0 Å². The Labute approximate surface area is 76.9 Å². The Morgan fingerprint density at radius 2 is 1.67 bits per heavy atom. The number of hydrogen-bond acceptors (Lipinski definition) is 2. The highest BCUT2D eigenvalue weighted by atomic mass is 16.3. The molecule has 0 saturated carbocycles. The molecule has 0 aromatic carbocycles.